The van der Waals surface area contributed by atoms with Gasteiger partial charge in [-0.15, -0.1) is 0 Å². The largest absolute Gasteiger partial charge is 0.465 e. The number of hydrogen-bond acceptors (Lipinski definition) is 4. The molecule has 1 aromatic carbocycles. The average Bonchev–Trinajstić information content (AvgIpc) is 3.04. The van der Waals surface area contributed by atoms with Crippen molar-refractivity contribution >= 4 is 51.2 Å². The van der Waals surface area contributed by atoms with Crippen molar-refractivity contribution in [2.45, 2.75) is 0 Å². The van der Waals surface area contributed by atoms with Crippen molar-refractivity contribution < 1.29 is 14.0 Å². The minimum absolute atomic E-state index is 0.0282. The van der Waals surface area contributed by atoms with Crippen LogP contribution in [0, 0.1) is 0 Å². The van der Waals surface area contributed by atoms with Crippen molar-refractivity contribution in [2.24, 2.45) is 0 Å². The van der Waals surface area contributed by atoms with E-state index >= 15 is 0 Å². The third kappa shape index (κ3) is 5.35. The second kappa shape index (κ2) is 8.25. The Labute approximate surface area is 146 Å². The third-order valence-electron chi connectivity index (χ3n) is 2.59. The molecule has 0 radical (unpaired) electrons. The third-order valence-corrected chi connectivity index (χ3v) is 3.48. The lowest BCUT2D eigenvalue weighted by Crippen LogP contribution is -2.48. The molecule has 0 saturated heterocycles. The van der Waals surface area contributed by atoms with E-state index in [-0.39, 0.29) is 11.0 Å². The molecular weight excluding hydrogens is 382 g/mol. The van der Waals surface area contributed by atoms with Crippen molar-refractivity contribution in [3.05, 3.63) is 64.5 Å². The number of carbonyl (C=O) groups excluding carboxylic acids is 2. The molecule has 0 saturated carbocycles. The van der Waals surface area contributed by atoms with Gasteiger partial charge in [-0.1, -0.05) is 12.1 Å². The normalized spacial score (nSPS) is 10.3. The van der Waals surface area contributed by atoms with Gasteiger partial charge in [0.2, 0.25) is 5.91 Å². The van der Waals surface area contributed by atoms with E-state index in [9.17, 15) is 9.59 Å². The molecule has 0 atom stereocenters. The standard InChI is InChI=1S/C15H12BrN3O3S/c16-12-6-2-1-5-11(12)14(21)18-19-15(23)17-13(20)8-7-10-4-3-9-22-10/h1-9H,(H,18,21)(H2,17,19,20,23)/b8-7+. The summed E-state index contributed by atoms with van der Waals surface area (Å²) in [7, 11) is 0. The summed E-state index contributed by atoms with van der Waals surface area (Å²) in [4.78, 5) is 23.6. The zero-order valence-corrected chi connectivity index (χ0v) is 14.1. The fourth-order valence-corrected chi connectivity index (χ4v) is 2.17. The van der Waals surface area contributed by atoms with E-state index in [0.29, 0.717) is 15.8 Å². The van der Waals surface area contributed by atoms with E-state index in [4.69, 9.17) is 16.6 Å². The van der Waals surface area contributed by atoms with Crippen molar-refractivity contribution in [3.8, 4) is 0 Å². The van der Waals surface area contributed by atoms with E-state index in [1.807, 2.05) is 0 Å². The molecule has 0 spiro atoms. The molecule has 2 amide bonds. The monoisotopic (exact) mass is 393 g/mol. The van der Waals surface area contributed by atoms with Gasteiger partial charge < -0.3 is 4.42 Å². The van der Waals surface area contributed by atoms with E-state index in [1.54, 1.807) is 36.4 Å². The summed E-state index contributed by atoms with van der Waals surface area (Å²) >= 11 is 8.19. The molecule has 0 aliphatic heterocycles. The number of furan rings is 1. The lowest BCUT2D eigenvalue weighted by molar-refractivity contribution is -0.115. The molecule has 1 aromatic heterocycles. The minimum Gasteiger partial charge on any atom is -0.465 e. The molecule has 6 nitrogen and oxygen atoms in total. The number of carbonyl (C=O) groups is 2. The van der Waals surface area contributed by atoms with Crippen LogP contribution in [0.15, 0.2) is 57.6 Å². The summed E-state index contributed by atoms with van der Waals surface area (Å²) in [5, 5.41) is 2.36. The van der Waals surface area contributed by atoms with Gasteiger partial charge in [-0.25, -0.2) is 0 Å². The molecule has 0 aliphatic carbocycles. The Morgan fingerprint density at radius 3 is 2.61 bits per heavy atom. The number of thiocarbonyl (C=S) groups is 1. The molecule has 0 bridgehead atoms. The van der Waals surface area contributed by atoms with Crippen LogP contribution in [0.3, 0.4) is 0 Å². The minimum atomic E-state index is -0.450. The Kier molecular flexibility index (Phi) is 6.07. The summed E-state index contributed by atoms with van der Waals surface area (Å²) in [6, 6.07) is 10.3. The Morgan fingerprint density at radius 2 is 1.91 bits per heavy atom. The fourth-order valence-electron chi connectivity index (χ4n) is 1.55. The van der Waals surface area contributed by atoms with Crippen LogP contribution in [0.1, 0.15) is 16.1 Å². The van der Waals surface area contributed by atoms with Gasteiger partial charge in [0.15, 0.2) is 5.11 Å². The van der Waals surface area contributed by atoms with Gasteiger partial charge in [0.05, 0.1) is 11.8 Å². The van der Waals surface area contributed by atoms with Gasteiger partial charge >= 0.3 is 0 Å². The summed E-state index contributed by atoms with van der Waals surface area (Å²) in [6.45, 7) is 0. The first kappa shape index (κ1) is 16.9. The number of rotatable bonds is 3. The highest BCUT2D eigenvalue weighted by Crippen LogP contribution is 2.15. The maximum Gasteiger partial charge on any atom is 0.270 e. The van der Waals surface area contributed by atoms with E-state index in [0.717, 1.165) is 0 Å². The summed E-state index contributed by atoms with van der Waals surface area (Å²) < 4.78 is 5.70. The zero-order valence-electron chi connectivity index (χ0n) is 11.7. The summed E-state index contributed by atoms with van der Waals surface area (Å²) in [6.07, 6.45) is 4.26. The quantitative estimate of drug-likeness (QED) is 0.423. The highest BCUT2D eigenvalue weighted by atomic mass is 79.9. The van der Waals surface area contributed by atoms with Crippen LogP contribution in [-0.4, -0.2) is 16.9 Å². The molecule has 118 valence electrons. The number of halogens is 1. The van der Waals surface area contributed by atoms with Gasteiger partial charge in [0.1, 0.15) is 5.76 Å². The van der Waals surface area contributed by atoms with Crippen molar-refractivity contribution in [2.75, 3.05) is 0 Å². The molecule has 8 heteroatoms. The molecule has 2 aromatic rings. The maximum absolute atomic E-state index is 11.9. The Bertz CT molecular complexity index is 744. The highest BCUT2D eigenvalue weighted by molar-refractivity contribution is 9.10. The van der Waals surface area contributed by atoms with Crippen molar-refractivity contribution in [3.63, 3.8) is 0 Å². The van der Waals surface area contributed by atoms with Crippen LogP contribution in [0.2, 0.25) is 0 Å². The molecule has 3 N–H and O–H groups in total. The predicted octanol–water partition coefficient (Wildman–Crippen LogP) is 2.39. The first-order valence-electron chi connectivity index (χ1n) is 6.43. The topological polar surface area (TPSA) is 83.4 Å². The Balaban J connectivity index is 1.80. The van der Waals surface area contributed by atoms with Crippen molar-refractivity contribution in [1.29, 1.82) is 0 Å². The molecule has 0 unspecified atom stereocenters. The zero-order chi connectivity index (χ0) is 16.7. The number of hydrogen-bond donors (Lipinski definition) is 3. The number of amides is 2. The van der Waals surface area contributed by atoms with E-state index < -0.39 is 5.91 Å². The predicted molar refractivity (Wildman–Crippen MR) is 93.2 cm³/mol. The molecular formula is C15H12BrN3O3S. The first-order valence-corrected chi connectivity index (χ1v) is 7.64. The SMILES string of the molecule is O=C(/C=C/c1ccco1)NC(=S)NNC(=O)c1ccccc1Br. The lowest BCUT2D eigenvalue weighted by atomic mass is 10.2. The van der Waals surface area contributed by atoms with E-state index in [1.165, 1.54) is 18.4 Å². The molecule has 1 heterocycles. The van der Waals surface area contributed by atoms with Crippen LogP contribution < -0.4 is 16.2 Å². The summed E-state index contributed by atoms with van der Waals surface area (Å²) in [5.41, 5.74) is 5.29. The van der Waals surface area contributed by atoms with Crippen LogP contribution in [0.4, 0.5) is 0 Å². The molecule has 0 aliphatic rings. The highest BCUT2D eigenvalue weighted by Gasteiger charge is 2.09. The molecule has 0 fully saturated rings. The maximum atomic E-state index is 11.9. The van der Waals surface area contributed by atoms with Gasteiger partial charge in [-0.2, -0.15) is 0 Å². The molecule has 23 heavy (non-hydrogen) atoms. The van der Waals surface area contributed by atoms with Crippen molar-refractivity contribution in [1.82, 2.24) is 16.2 Å². The van der Waals surface area contributed by atoms with Gasteiger partial charge in [-0.3, -0.25) is 25.8 Å². The summed E-state index contributed by atoms with van der Waals surface area (Å²) in [5.74, 6) is -0.296. The van der Waals surface area contributed by atoms with Crippen LogP contribution in [0.25, 0.3) is 6.08 Å². The average molecular weight is 394 g/mol. The Morgan fingerprint density at radius 1 is 1.13 bits per heavy atom. The number of benzene rings is 1. The number of nitrogens with one attached hydrogen (secondary N) is 3. The second-order valence-corrected chi connectivity index (χ2v) is 5.49. The van der Waals surface area contributed by atoms with Gasteiger partial charge in [-0.05, 0) is 58.5 Å². The Hall–Kier alpha value is -2.45. The van der Waals surface area contributed by atoms with Gasteiger partial charge in [0.25, 0.3) is 5.91 Å². The first-order chi connectivity index (χ1) is 11.1. The van der Waals surface area contributed by atoms with Crippen LogP contribution in [0.5, 0.6) is 0 Å². The fraction of sp³-hybridized carbons (Fsp3) is 0. The smallest absolute Gasteiger partial charge is 0.270 e. The van der Waals surface area contributed by atoms with Crippen LogP contribution in [-0.2, 0) is 4.79 Å². The van der Waals surface area contributed by atoms with Crippen LogP contribution >= 0.6 is 28.1 Å². The number of hydrazine groups is 1. The second-order valence-electron chi connectivity index (χ2n) is 4.23. The lowest BCUT2D eigenvalue weighted by Gasteiger charge is -2.10. The molecule has 2 rings (SSSR count). The van der Waals surface area contributed by atoms with E-state index in [2.05, 4.69) is 32.1 Å². The van der Waals surface area contributed by atoms with Gasteiger partial charge in [0, 0.05) is 10.5 Å².